The molecule has 1 rings (SSSR count). The maximum atomic E-state index is 12.3. The summed E-state index contributed by atoms with van der Waals surface area (Å²) in [6.45, 7) is -3.32. The van der Waals surface area contributed by atoms with E-state index in [9.17, 15) is 22.8 Å². The molecule has 0 fully saturated rings. The second kappa shape index (κ2) is 6.78. The number of amides is 1. The van der Waals surface area contributed by atoms with E-state index >= 15 is 0 Å². The highest BCUT2D eigenvalue weighted by atomic mass is 19.4. The highest BCUT2D eigenvalue weighted by molar-refractivity contribution is 5.82. The fraction of sp³-hybridized carbons (Fsp3) is 0.333. The summed E-state index contributed by atoms with van der Waals surface area (Å²) < 4.78 is 41.7. The lowest BCUT2D eigenvalue weighted by atomic mass is 10.3. The first-order valence-electron chi connectivity index (χ1n) is 5.52. The van der Waals surface area contributed by atoms with E-state index in [1.807, 2.05) is 0 Å². The number of hydrogen-bond donors (Lipinski definition) is 1. The number of carboxylic acid groups (broad SMARTS) is 1. The molecular formula is C12H12F3NO4. The number of nitrogens with zero attached hydrogens (tertiary/aromatic N) is 1. The van der Waals surface area contributed by atoms with Crippen molar-refractivity contribution in [2.75, 3.05) is 19.7 Å². The first-order valence-corrected chi connectivity index (χ1v) is 5.52. The van der Waals surface area contributed by atoms with Crippen molar-refractivity contribution in [2.45, 2.75) is 6.18 Å². The molecule has 0 saturated heterocycles. The molecule has 0 bridgehead atoms. The van der Waals surface area contributed by atoms with Gasteiger partial charge in [-0.25, -0.2) is 0 Å². The Morgan fingerprint density at radius 3 is 2.30 bits per heavy atom. The van der Waals surface area contributed by atoms with Crippen LogP contribution in [-0.2, 0) is 9.59 Å². The van der Waals surface area contributed by atoms with E-state index in [-0.39, 0.29) is 4.90 Å². The van der Waals surface area contributed by atoms with Gasteiger partial charge < -0.3 is 14.7 Å². The predicted molar refractivity (Wildman–Crippen MR) is 62.2 cm³/mol. The lowest BCUT2D eigenvalue weighted by Crippen LogP contribution is -2.44. The molecule has 0 spiro atoms. The number of benzene rings is 1. The van der Waals surface area contributed by atoms with E-state index in [2.05, 4.69) is 0 Å². The Balaban J connectivity index is 2.61. The molecule has 1 aromatic rings. The molecule has 0 atom stereocenters. The minimum absolute atomic E-state index is 0.186. The number of carboxylic acids is 1. The van der Waals surface area contributed by atoms with Crippen molar-refractivity contribution in [2.24, 2.45) is 0 Å². The lowest BCUT2D eigenvalue weighted by Gasteiger charge is -2.22. The van der Waals surface area contributed by atoms with Gasteiger partial charge in [0.1, 0.15) is 18.8 Å². The van der Waals surface area contributed by atoms with Crippen LogP contribution in [0.5, 0.6) is 5.75 Å². The normalized spacial score (nSPS) is 10.9. The Morgan fingerprint density at radius 1 is 1.20 bits per heavy atom. The molecule has 110 valence electrons. The molecule has 0 saturated carbocycles. The minimum Gasteiger partial charge on any atom is -0.484 e. The number of halogens is 3. The number of aliphatic carboxylic acids is 1. The topological polar surface area (TPSA) is 66.8 Å². The van der Waals surface area contributed by atoms with Crippen LogP contribution in [0.4, 0.5) is 13.2 Å². The van der Waals surface area contributed by atoms with Crippen LogP contribution in [0.25, 0.3) is 0 Å². The highest BCUT2D eigenvalue weighted by Crippen LogP contribution is 2.17. The molecule has 0 aliphatic heterocycles. The fourth-order valence-electron chi connectivity index (χ4n) is 1.37. The smallest absolute Gasteiger partial charge is 0.406 e. The Bertz CT molecular complexity index is 462. The number of carbonyl (C=O) groups excluding carboxylic acids is 1. The number of hydrogen-bond acceptors (Lipinski definition) is 3. The maximum absolute atomic E-state index is 12.3. The van der Waals surface area contributed by atoms with Crippen LogP contribution in [0.2, 0.25) is 0 Å². The number of alkyl halides is 3. The van der Waals surface area contributed by atoms with Crippen molar-refractivity contribution in [3.63, 3.8) is 0 Å². The third kappa shape index (κ3) is 6.07. The van der Waals surface area contributed by atoms with Gasteiger partial charge in [0.15, 0.2) is 6.61 Å². The molecule has 8 heteroatoms. The second-order valence-electron chi connectivity index (χ2n) is 3.86. The minimum atomic E-state index is -4.67. The molecule has 1 amide bonds. The van der Waals surface area contributed by atoms with Crippen molar-refractivity contribution in [1.82, 2.24) is 4.90 Å². The van der Waals surface area contributed by atoms with Gasteiger partial charge in [-0.05, 0) is 12.1 Å². The van der Waals surface area contributed by atoms with Gasteiger partial charge in [-0.1, -0.05) is 18.2 Å². The van der Waals surface area contributed by atoms with Gasteiger partial charge in [0.05, 0.1) is 0 Å². The van der Waals surface area contributed by atoms with Gasteiger partial charge in [-0.3, -0.25) is 9.59 Å². The van der Waals surface area contributed by atoms with Gasteiger partial charge in [0.2, 0.25) is 0 Å². The van der Waals surface area contributed by atoms with E-state index in [4.69, 9.17) is 9.84 Å². The molecule has 1 N–H and O–H groups in total. The standard InChI is InChI=1S/C12H12F3NO4/c13-12(14,15)8-16(6-11(18)19)10(17)7-20-9-4-2-1-3-5-9/h1-5H,6-8H2,(H,18,19). The maximum Gasteiger partial charge on any atom is 0.406 e. The molecule has 0 radical (unpaired) electrons. The van der Waals surface area contributed by atoms with Crippen LogP contribution < -0.4 is 4.74 Å². The van der Waals surface area contributed by atoms with E-state index in [1.54, 1.807) is 18.2 Å². The summed E-state index contributed by atoms with van der Waals surface area (Å²) in [6, 6.07) is 8.02. The van der Waals surface area contributed by atoms with Crippen molar-refractivity contribution >= 4 is 11.9 Å². The van der Waals surface area contributed by atoms with Gasteiger partial charge in [-0.2, -0.15) is 13.2 Å². The monoisotopic (exact) mass is 291 g/mol. The van der Waals surface area contributed by atoms with Crippen LogP contribution in [0.1, 0.15) is 0 Å². The summed E-state index contributed by atoms with van der Waals surface area (Å²) in [5.41, 5.74) is 0. The zero-order valence-corrected chi connectivity index (χ0v) is 10.3. The van der Waals surface area contributed by atoms with Crippen LogP contribution in [0, 0.1) is 0 Å². The largest absolute Gasteiger partial charge is 0.484 e. The van der Waals surface area contributed by atoms with E-state index in [1.165, 1.54) is 12.1 Å². The highest BCUT2D eigenvalue weighted by Gasteiger charge is 2.34. The number of rotatable bonds is 6. The van der Waals surface area contributed by atoms with Crippen molar-refractivity contribution in [3.05, 3.63) is 30.3 Å². The van der Waals surface area contributed by atoms with Crippen LogP contribution >= 0.6 is 0 Å². The van der Waals surface area contributed by atoms with Crippen molar-refractivity contribution in [3.8, 4) is 5.75 Å². The van der Waals surface area contributed by atoms with Gasteiger partial charge in [0, 0.05) is 0 Å². The Morgan fingerprint density at radius 2 is 1.80 bits per heavy atom. The SMILES string of the molecule is O=C(O)CN(CC(F)(F)F)C(=O)COc1ccccc1. The molecular weight excluding hydrogens is 279 g/mol. The molecule has 0 aliphatic carbocycles. The first-order chi connectivity index (χ1) is 9.28. The summed E-state index contributed by atoms with van der Waals surface area (Å²) in [5.74, 6) is -2.26. The number of ether oxygens (including phenoxy) is 1. The quantitative estimate of drug-likeness (QED) is 0.863. The second-order valence-corrected chi connectivity index (χ2v) is 3.86. The molecule has 0 aliphatic rings. The van der Waals surface area contributed by atoms with Crippen LogP contribution in [0.15, 0.2) is 30.3 Å². The summed E-state index contributed by atoms with van der Waals surface area (Å²) in [5, 5.41) is 8.51. The molecule has 20 heavy (non-hydrogen) atoms. The molecule has 5 nitrogen and oxygen atoms in total. The first kappa shape index (κ1) is 15.8. The average molecular weight is 291 g/mol. The summed E-state index contributed by atoms with van der Waals surface area (Å²) in [4.78, 5) is 22.2. The van der Waals surface area contributed by atoms with Crippen molar-refractivity contribution < 1.29 is 32.6 Å². The lowest BCUT2D eigenvalue weighted by molar-refractivity contribution is -0.166. The average Bonchev–Trinajstić information content (AvgIpc) is 2.34. The fourth-order valence-corrected chi connectivity index (χ4v) is 1.37. The summed E-state index contributed by atoms with van der Waals surface area (Å²) in [7, 11) is 0. The molecule has 0 aromatic heterocycles. The molecule has 0 unspecified atom stereocenters. The van der Waals surface area contributed by atoms with E-state index in [0.29, 0.717) is 5.75 Å². The summed E-state index contributed by atoms with van der Waals surface area (Å²) >= 11 is 0. The number of carbonyl (C=O) groups is 2. The Labute approximate surface area is 112 Å². The zero-order chi connectivity index (χ0) is 15.2. The van der Waals surface area contributed by atoms with Crippen molar-refractivity contribution in [1.29, 1.82) is 0 Å². The van der Waals surface area contributed by atoms with E-state index < -0.39 is 37.7 Å². The Hall–Kier alpha value is -2.25. The third-order valence-corrected chi connectivity index (χ3v) is 2.15. The molecule has 0 heterocycles. The zero-order valence-electron chi connectivity index (χ0n) is 10.3. The van der Waals surface area contributed by atoms with E-state index in [0.717, 1.165) is 0 Å². The van der Waals surface area contributed by atoms with Crippen LogP contribution in [-0.4, -0.2) is 47.8 Å². The summed E-state index contributed by atoms with van der Waals surface area (Å²) in [6.07, 6.45) is -4.67. The van der Waals surface area contributed by atoms with Crippen LogP contribution in [0.3, 0.4) is 0 Å². The van der Waals surface area contributed by atoms with Gasteiger partial charge in [-0.15, -0.1) is 0 Å². The van der Waals surface area contributed by atoms with Gasteiger partial charge in [0.25, 0.3) is 5.91 Å². The molecule has 1 aromatic carbocycles. The Kier molecular flexibility index (Phi) is 5.36. The third-order valence-electron chi connectivity index (χ3n) is 2.15. The number of para-hydroxylation sites is 1. The van der Waals surface area contributed by atoms with Gasteiger partial charge >= 0.3 is 12.1 Å². The predicted octanol–water partition coefficient (Wildman–Crippen LogP) is 1.54.